The van der Waals surface area contributed by atoms with Crippen molar-refractivity contribution in [3.63, 3.8) is 0 Å². The number of hydrogen-bond acceptors (Lipinski definition) is 2. The SMILES string of the molecule is C#CC(C)(C)C(C)C=CCO[PH](=O)O. The van der Waals surface area contributed by atoms with Crippen molar-refractivity contribution in [2.45, 2.75) is 20.8 Å². The van der Waals surface area contributed by atoms with E-state index in [1.165, 1.54) is 0 Å². The Morgan fingerprint density at radius 3 is 2.71 bits per heavy atom. The van der Waals surface area contributed by atoms with Gasteiger partial charge in [-0.15, -0.1) is 6.42 Å². The zero-order valence-corrected chi connectivity index (χ0v) is 9.78. The molecular formula is C10H17O3P. The van der Waals surface area contributed by atoms with Crippen LogP contribution in [0, 0.1) is 23.7 Å². The third-order valence-corrected chi connectivity index (χ3v) is 2.65. The molecule has 80 valence electrons. The third kappa shape index (κ3) is 5.24. The molecule has 0 fully saturated rings. The summed E-state index contributed by atoms with van der Waals surface area (Å²) in [4.78, 5) is 8.38. The van der Waals surface area contributed by atoms with Gasteiger partial charge in [0.05, 0.1) is 6.61 Å². The second-order valence-electron chi connectivity index (χ2n) is 3.66. The molecule has 0 aromatic heterocycles. The zero-order chi connectivity index (χ0) is 11.2. The molecule has 4 heteroatoms. The largest absolute Gasteiger partial charge is 0.326 e. The summed E-state index contributed by atoms with van der Waals surface area (Å²) in [5.74, 6) is 2.90. The summed E-state index contributed by atoms with van der Waals surface area (Å²) in [5, 5.41) is 0. The molecule has 0 aliphatic carbocycles. The molecule has 0 rings (SSSR count). The summed E-state index contributed by atoms with van der Waals surface area (Å²) >= 11 is 0. The molecular weight excluding hydrogens is 199 g/mol. The van der Waals surface area contributed by atoms with Crippen LogP contribution in [0.4, 0.5) is 0 Å². The Balaban J connectivity index is 4.01. The van der Waals surface area contributed by atoms with Crippen molar-refractivity contribution >= 4 is 8.25 Å². The molecule has 0 amide bonds. The topological polar surface area (TPSA) is 46.5 Å². The van der Waals surface area contributed by atoms with Gasteiger partial charge in [-0.3, -0.25) is 4.57 Å². The van der Waals surface area contributed by atoms with Gasteiger partial charge in [-0.25, -0.2) is 0 Å². The molecule has 0 aromatic rings. The van der Waals surface area contributed by atoms with Crippen LogP contribution in [0.25, 0.3) is 0 Å². The minimum atomic E-state index is -2.81. The summed E-state index contributed by atoms with van der Waals surface area (Å²) in [6.45, 7) is 6.09. The average Bonchev–Trinajstić information content (AvgIpc) is 2.11. The second-order valence-corrected chi connectivity index (χ2v) is 4.48. The molecule has 0 aromatic carbocycles. The summed E-state index contributed by atoms with van der Waals surface area (Å²) < 4.78 is 14.7. The fraction of sp³-hybridized carbons (Fsp3) is 0.600. The van der Waals surface area contributed by atoms with Gasteiger partial charge in [-0.1, -0.05) is 25.0 Å². The van der Waals surface area contributed by atoms with Crippen molar-refractivity contribution in [1.82, 2.24) is 0 Å². The van der Waals surface area contributed by atoms with Gasteiger partial charge in [0.1, 0.15) is 0 Å². The summed E-state index contributed by atoms with van der Waals surface area (Å²) in [6.07, 6.45) is 8.96. The highest BCUT2D eigenvalue weighted by Gasteiger charge is 2.20. The molecule has 2 unspecified atom stereocenters. The van der Waals surface area contributed by atoms with E-state index in [0.717, 1.165) is 0 Å². The molecule has 1 N–H and O–H groups in total. The monoisotopic (exact) mass is 216 g/mol. The van der Waals surface area contributed by atoms with E-state index in [4.69, 9.17) is 11.3 Å². The summed E-state index contributed by atoms with van der Waals surface area (Å²) in [5.41, 5.74) is -0.207. The molecule has 0 heterocycles. The minimum absolute atomic E-state index is 0.152. The average molecular weight is 216 g/mol. The van der Waals surface area contributed by atoms with Crippen LogP contribution >= 0.6 is 8.25 Å². The van der Waals surface area contributed by atoms with Crippen LogP contribution in [0.1, 0.15) is 20.8 Å². The molecule has 0 aliphatic rings. The first-order valence-electron chi connectivity index (χ1n) is 4.40. The molecule has 0 spiro atoms. The van der Waals surface area contributed by atoms with Gasteiger partial charge in [0, 0.05) is 5.41 Å². The molecule has 0 saturated heterocycles. The molecule has 3 nitrogen and oxygen atoms in total. The normalized spacial score (nSPS) is 16.5. The van der Waals surface area contributed by atoms with Gasteiger partial charge in [-0.05, 0) is 19.8 Å². The van der Waals surface area contributed by atoms with E-state index in [2.05, 4.69) is 10.4 Å². The van der Waals surface area contributed by atoms with E-state index in [0.29, 0.717) is 0 Å². The molecule has 0 bridgehead atoms. The molecule has 0 saturated carbocycles. The van der Waals surface area contributed by atoms with E-state index >= 15 is 0 Å². The number of rotatable bonds is 5. The number of allylic oxidation sites excluding steroid dienone is 1. The minimum Gasteiger partial charge on any atom is -0.326 e. The van der Waals surface area contributed by atoms with Crippen molar-refractivity contribution < 1.29 is 14.0 Å². The highest BCUT2D eigenvalue weighted by atomic mass is 31.1. The highest BCUT2D eigenvalue weighted by Crippen LogP contribution is 2.26. The van der Waals surface area contributed by atoms with Crippen molar-refractivity contribution in [3.05, 3.63) is 12.2 Å². The molecule has 0 aliphatic heterocycles. The Kier molecular flexibility index (Phi) is 5.79. The lowest BCUT2D eigenvalue weighted by Crippen LogP contribution is -2.17. The zero-order valence-electron chi connectivity index (χ0n) is 8.78. The van der Waals surface area contributed by atoms with E-state index in [9.17, 15) is 4.57 Å². The Morgan fingerprint density at radius 2 is 2.29 bits per heavy atom. The van der Waals surface area contributed by atoms with Crippen molar-refractivity contribution in [2.24, 2.45) is 11.3 Å². The number of hydrogen-bond donors (Lipinski definition) is 1. The Bertz CT molecular complexity index is 263. The Labute approximate surface area is 86.1 Å². The summed E-state index contributed by atoms with van der Waals surface area (Å²) in [6, 6.07) is 0. The maximum atomic E-state index is 10.2. The number of terminal acetylenes is 1. The van der Waals surface area contributed by atoms with Crippen molar-refractivity contribution in [2.75, 3.05) is 6.61 Å². The summed E-state index contributed by atoms with van der Waals surface area (Å²) in [7, 11) is -2.81. The standard InChI is InChI=1S/C10H17O3P/c1-5-10(3,4)9(2)7-6-8-13-14(11)12/h1,6-7,9,14H,8H2,2-4H3,(H,11,12). The van der Waals surface area contributed by atoms with Crippen molar-refractivity contribution in [1.29, 1.82) is 0 Å². The maximum absolute atomic E-state index is 10.2. The van der Waals surface area contributed by atoms with Crippen LogP contribution in [0.2, 0.25) is 0 Å². The van der Waals surface area contributed by atoms with Gasteiger partial charge in [0.2, 0.25) is 0 Å². The second kappa shape index (κ2) is 6.03. The fourth-order valence-corrected chi connectivity index (χ4v) is 0.990. The van der Waals surface area contributed by atoms with Gasteiger partial charge in [0.15, 0.2) is 0 Å². The predicted molar refractivity (Wildman–Crippen MR) is 58.1 cm³/mol. The highest BCUT2D eigenvalue weighted by molar-refractivity contribution is 7.32. The van der Waals surface area contributed by atoms with E-state index < -0.39 is 8.25 Å². The van der Waals surface area contributed by atoms with Crippen molar-refractivity contribution in [3.8, 4) is 12.3 Å². The smallest absolute Gasteiger partial charge is 0.316 e. The quantitative estimate of drug-likeness (QED) is 0.435. The van der Waals surface area contributed by atoms with E-state index in [1.54, 1.807) is 6.08 Å². The lowest BCUT2D eigenvalue weighted by atomic mass is 9.81. The first-order chi connectivity index (χ1) is 6.40. The van der Waals surface area contributed by atoms with E-state index in [1.807, 2.05) is 26.8 Å². The maximum Gasteiger partial charge on any atom is 0.316 e. The fourth-order valence-electron chi connectivity index (χ4n) is 0.751. The predicted octanol–water partition coefficient (Wildman–Crippen LogP) is 2.24. The van der Waals surface area contributed by atoms with Crippen LogP contribution < -0.4 is 0 Å². The van der Waals surface area contributed by atoms with E-state index in [-0.39, 0.29) is 17.9 Å². The first-order valence-corrected chi connectivity index (χ1v) is 5.66. The third-order valence-electron chi connectivity index (χ3n) is 2.24. The molecule has 14 heavy (non-hydrogen) atoms. The lowest BCUT2D eigenvalue weighted by molar-refractivity contribution is 0.310. The molecule has 0 radical (unpaired) electrons. The Morgan fingerprint density at radius 1 is 1.71 bits per heavy atom. The lowest BCUT2D eigenvalue weighted by Gasteiger charge is -2.22. The van der Waals surface area contributed by atoms with Crippen LogP contribution in [0.5, 0.6) is 0 Å². The first kappa shape index (κ1) is 13.4. The van der Waals surface area contributed by atoms with Gasteiger partial charge in [0.25, 0.3) is 0 Å². The van der Waals surface area contributed by atoms with Crippen LogP contribution in [-0.4, -0.2) is 11.5 Å². The van der Waals surface area contributed by atoms with Gasteiger partial charge >= 0.3 is 8.25 Å². The van der Waals surface area contributed by atoms with Gasteiger partial charge < -0.3 is 9.42 Å². The van der Waals surface area contributed by atoms with Crippen LogP contribution in [0.15, 0.2) is 12.2 Å². The van der Waals surface area contributed by atoms with Crippen LogP contribution in [-0.2, 0) is 9.09 Å². The van der Waals surface area contributed by atoms with Gasteiger partial charge in [-0.2, -0.15) is 0 Å². The van der Waals surface area contributed by atoms with Crippen LogP contribution in [0.3, 0.4) is 0 Å². The molecule has 2 atom stereocenters. The Hall–Kier alpha value is -0.550.